The van der Waals surface area contributed by atoms with Crippen LogP contribution in [-0.2, 0) is 0 Å². The summed E-state index contributed by atoms with van der Waals surface area (Å²) in [5, 5.41) is 6.35. The quantitative estimate of drug-likeness (QED) is 0.245. The van der Waals surface area contributed by atoms with Gasteiger partial charge in [-0.3, -0.25) is 5.43 Å². The van der Waals surface area contributed by atoms with Gasteiger partial charge >= 0.3 is 0 Å². The number of fused-ring (bicyclic) bond motifs is 1. The molecule has 0 aliphatic carbocycles. The molecule has 144 valence electrons. The van der Waals surface area contributed by atoms with Gasteiger partial charge in [-0.1, -0.05) is 63.4 Å². The fourth-order valence-corrected chi connectivity index (χ4v) is 3.38. The van der Waals surface area contributed by atoms with Gasteiger partial charge in [0.15, 0.2) is 11.6 Å². The predicted molar refractivity (Wildman–Crippen MR) is 125 cm³/mol. The van der Waals surface area contributed by atoms with Crippen LogP contribution < -0.4 is 5.43 Å². The van der Waals surface area contributed by atoms with E-state index in [2.05, 4.69) is 36.4 Å². The van der Waals surface area contributed by atoms with E-state index in [-0.39, 0.29) is 0 Å². The zero-order valence-corrected chi connectivity index (χ0v) is 18.4. The highest BCUT2D eigenvalue weighted by Crippen LogP contribution is 2.29. The smallest absolute Gasteiger partial charge is 0.162 e. The van der Waals surface area contributed by atoms with E-state index in [4.69, 9.17) is 23.2 Å². The van der Waals surface area contributed by atoms with Gasteiger partial charge in [0.1, 0.15) is 0 Å². The molecule has 1 N–H and O–H groups in total. The summed E-state index contributed by atoms with van der Waals surface area (Å²) in [4.78, 5) is 9.35. The lowest BCUT2D eigenvalue weighted by Crippen LogP contribution is -2.03. The van der Waals surface area contributed by atoms with Crippen LogP contribution >= 0.6 is 39.1 Å². The molecule has 0 amide bonds. The van der Waals surface area contributed by atoms with E-state index in [0.29, 0.717) is 21.7 Å². The van der Waals surface area contributed by atoms with Gasteiger partial charge in [-0.05, 0) is 55.0 Å². The molecule has 0 fully saturated rings. The molecule has 0 spiro atoms. The minimum Gasteiger partial charge on any atom is -0.260 e. The molecule has 0 atom stereocenters. The Balaban J connectivity index is 1.75. The number of hydrogen-bond acceptors (Lipinski definition) is 4. The molecule has 0 saturated carbocycles. The van der Waals surface area contributed by atoms with E-state index >= 15 is 0 Å². The molecule has 4 nitrogen and oxygen atoms in total. The van der Waals surface area contributed by atoms with Crippen molar-refractivity contribution in [3.05, 3.63) is 86.8 Å². The summed E-state index contributed by atoms with van der Waals surface area (Å²) >= 11 is 15.7. The van der Waals surface area contributed by atoms with E-state index < -0.39 is 0 Å². The summed E-state index contributed by atoms with van der Waals surface area (Å²) in [6, 6.07) is 21.1. The summed E-state index contributed by atoms with van der Waals surface area (Å²) in [7, 11) is 0. The molecule has 1 aromatic heterocycles. The van der Waals surface area contributed by atoms with Crippen molar-refractivity contribution in [2.75, 3.05) is 5.43 Å². The maximum atomic E-state index is 6.18. The van der Waals surface area contributed by atoms with E-state index in [1.165, 1.54) is 0 Å². The van der Waals surface area contributed by atoms with Crippen LogP contribution in [-0.4, -0.2) is 15.7 Å². The first-order valence-electron chi connectivity index (χ1n) is 8.80. The summed E-state index contributed by atoms with van der Waals surface area (Å²) in [6.45, 7) is 1.94. The van der Waals surface area contributed by atoms with Gasteiger partial charge in [-0.2, -0.15) is 5.10 Å². The molecule has 0 bridgehead atoms. The van der Waals surface area contributed by atoms with Gasteiger partial charge in [-0.15, -0.1) is 0 Å². The number of hydrogen-bond donors (Lipinski definition) is 1. The minimum atomic E-state index is 0.458. The molecule has 7 heteroatoms. The highest BCUT2D eigenvalue weighted by atomic mass is 79.9. The van der Waals surface area contributed by atoms with E-state index in [0.717, 1.165) is 32.2 Å². The normalized spacial score (nSPS) is 11.7. The zero-order chi connectivity index (χ0) is 20.4. The number of anilines is 1. The Morgan fingerprint density at radius 1 is 0.931 bits per heavy atom. The Morgan fingerprint density at radius 2 is 1.69 bits per heavy atom. The zero-order valence-electron chi connectivity index (χ0n) is 15.3. The fraction of sp³-hybridized carbons (Fsp3) is 0.0455. The van der Waals surface area contributed by atoms with Crippen molar-refractivity contribution >= 4 is 61.6 Å². The van der Waals surface area contributed by atoms with Gasteiger partial charge in [0.25, 0.3) is 0 Å². The Kier molecular flexibility index (Phi) is 5.81. The second-order valence-electron chi connectivity index (χ2n) is 6.36. The van der Waals surface area contributed by atoms with Crippen molar-refractivity contribution < 1.29 is 0 Å². The lowest BCUT2D eigenvalue weighted by Gasteiger charge is -2.10. The number of halogens is 3. The maximum absolute atomic E-state index is 6.18. The molecular weight excluding hydrogens is 471 g/mol. The maximum Gasteiger partial charge on any atom is 0.162 e. The lowest BCUT2D eigenvalue weighted by molar-refractivity contribution is 1.18. The van der Waals surface area contributed by atoms with E-state index in [9.17, 15) is 0 Å². The third kappa shape index (κ3) is 4.42. The molecule has 3 aromatic carbocycles. The number of benzene rings is 3. The van der Waals surface area contributed by atoms with Crippen molar-refractivity contribution in [2.24, 2.45) is 5.10 Å². The fourth-order valence-electron chi connectivity index (χ4n) is 2.82. The van der Waals surface area contributed by atoms with Crippen molar-refractivity contribution in [1.29, 1.82) is 0 Å². The van der Waals surface area contributed by atoms with Gasteiger partial charge in [0, 0.05) is 15.4 Å². The molecular formula is C22H15BrCl2N4. The van der Waals surface area contributed by atoms with E-state index in [1.54, 1.807) is 12.1 Å². The summed E-state index contributed by atoms with van der Waals surface area (Å²) in [5.41, 5.74) is 6.55. The van der Waals surface area contributed by atoms with Crippen LogP contribution in [0.4, 0.5) is 5.82 Å². The molecule has 4 rings (SSSR count). The average molecular weight is 486 g/mol. The summed E-state index contributed by atoms with van der Waals surface area (Å²) in [5.74, 6) is 1.16. The van der Waals surface area contributed by atoms with Crippen LogP contribution in [0.5, 0.6) is 0 Å². The molecule has 4 aromatic rings. The second-order valence-corrected chi connectivity index (χ2v) is 8.09. The Hall–Kier alpha value is -2.47. The number of rotatable bonds is 4. The second kappa shape index (κ2) is 8.49. The standard InChI is InChI=1S/C22H15BrCl2N4/c1-13(14-6-9-16(23)10-7-14)28-29-22-17-4-2-3-5-20(17)26-21(27-22)15-8-11-18(24)19(25)12-15/h2-12H,1H3,(H,26,27,29). The third-order valence-corrected chi connectivity index (χ3v) is 5.64. The van der Waals surface area contributed by atoms with Crippen molar-refractivity contribution in [1.82, 2.24) is 9.97 Å². The van der Waals surface area contributed by atoms with Crippen LogP contribution in [0.3, 0.4) is 0 Å². The summed E-state index contributed by atoms with van der Waals surface area (Å²) < 4.78 is 1.02. The highest BCUT2D eigenvalue weighted by Gasteiger charge is 2.11. The predicted octanol–water partition coefficient (Wildman–Crippen LogP) is 7.20. The highest BCUT2D eigenvalue weighted by molar-refractivity contribution is 9.10. The van der Waals surface area contributed by atoms with Crippen molar-refractivity contribution in [2.45, 2.75) is 6.92 Å². The number of aromatic nitrogens is 2. The van der Waals surface area contributed by atoms with Crippen molar-refractivity contribution in [3.8, 4) is 11.4 Å². The van der Waals surface area contributed by atoms with Crippen LogP contribution in [0, 0.1) is 0 Å². The van der Waals surface area contributed by atoms with Crippen LogP contribution in [0.1, 0.15) is 12.5 Å². The van der Waals surface area contributed by atoms with Gasteiger partial charge in [0.05, 0.1) is 21.3 Å². The SMILES string of the molecule is CC(=NNc1nc(-c2ccc(Cl)c(Cl)c2)nc2ccccc12)c1ccc(Br)cc1. The molecule has 0 radical (unpaired) electrons. The first kappa shape index (κ1) is 19.8. The molecule has 0 unspecified atom stereocenters. The van der Waals surface area contributed by atoms with Gasteiger partial charge in [-0.25, -0.2) is 9.97 Å². The van der Waals surface area contributed by atoms with Crippen LogP contribution in [0.2, 0.25) is 10.0 Å². The topological polar surface area (TPSA) is 50.2 Å². The van der Waals surface area contributed by atoms with E-state index in [1.807, 2.05) is 61.5 Å². The number of nitrogens with zero attached hydrogens (tertiary/aromatic N) is 3. The number of para-hydroxylation sites is 1. The van der Waals surface area contributed by atoms with Gasteiger partial charge < -0.3 is 0 Å². The Labute approximate surface area is 186 Å². The van der Waals surface area contributed by atoms with Gasteiger partial charge in [0.2, 0.25) is 0 Å². The molecule has 0 aliphatic heterocycles. The molecule has 0 saturated heterocycles. The molecule has 29 heavy (non-hydrogen) atoms. The largest absolute Gasteiger partial charge is 0.260 e. The first-order valence-corrected chi connectivity index (χ1v) is 10.3. The average Bonchev–Trinajstić information content (AvgIpc) is 2.74. The summed E-state index contributed by atoms with van der Waals surface area (Å²) in [6.07, 6.45) is 0. The Morgan fingerprint density at radius 3 is 2.45 bits per heavy atom. The first-order chi connectivity index (χ1) is 14.0. The molecule has 0 aliphatic rings. The van der Waals surface area contributed by atoms with Crippen LogP contribution in [0.25, 0.3) is 22.3 Å². The number of nitrogens with one attached hydrogen (secondary N) is 1. The third-order valence-electron chi connectivity index (χ3n) is 4.37. The monoisotopic (exact) mass is 484 g/mol. The van der Waals surface area contributed by atoms with Crippen molar-refractivity contribution in [3.63, 3.8) is 0 Å². The lowest BCUT2D eigenvalue weighted by atomic mass is 10.1. The minimum absolute atomic E-state index is 0.458. The Bertz CT molecular complexity index is 1220. The molecule has 1 heterocycles. The van der Waals surface area contributed by atoms with Crippen LogP contribution in [0.15, 0.2) is 76.3 Å². The number of hydrazone groups is 1.